The Hall–Kier alpha value is -2.11. The minimum Gasteiger partial charge on any atom is -0.490 e. The van der Waals surface area contributed by atoms with Gasteiger partial charge in [0.1, 0.15) is 18.1 Å². The lowest BCUT2D eigenvalue weighted by molar-refractivity contribution is 0.111. The van der Waals surface area contributed by atoms with Gasteiger partial charge in [0.2, 0.25) is 0 Å². The molecule has 1 aromatic rings. The van der Waals surface area contributed by atoms with Gasteiger partial charge in [0.05, 0.1) is 12.7 Å². The highest BCUT2D eigenvalue weighted by molar-refractivity contribution is 5.76. The molecule has 0 spiro atoms. The third-order valence-corrected chi connectivity index (χ3v) is 2.46. The predicted octanol–water partition coefficient (Wildman–Crippen LogP) is 0.298. The molecule has 0 unspecified atom stereocenters. The molecule has 0 aliphatic carbocycles. The monoisotopic (exact) mass is 235 g/mol. The lowest BCUT2D eigenvalue weighted by Gasteiger charge is -2.14. The Kier molecular flexibility index (Phi) is 3.54. The fraction of sp³-hybridized carbons (Fsp3) is 0.364. The van der Waals surface area contributed by atoms with Crippen molar-refractivity contribution in [3.8, 4) is 5.75 Å². The number of hydrogen-bond donors (Lipinski definition) is 1. The molecule has 2 rings (SSSR count). The van der Waals surface area contributed by atoms with E-state index in [4.69, 9.17) is 4.74 Å². The van der Waals surface area contributed by atoms with Crippen LogP contribution in [0.15, 0.2) is 18.3 Å². The Bertz CT molecular complexity index is 405. The number of hydrogen-bond acceptors (Lipinski definition) is 4. The van der Waals surface area contributed by atoms with Gasteiger partial charge < -0.3 is 15.0 Å². The standard InChI is InChI=1S/C11H13N3O3/c15-8-9-1-2-10(7-13-9)17-6-5-14-4-3-12-11(14)16/h1-2,7-8H,3-6H2,(H,12,16). The van der Waals surface area contributed by atoms with E-state index < -0.39 is 0 Å². The second-order valence-electron chi connectivity index (χ2n) is 3.60. The molecule has 1 aliphatic heterocycles. The first kappa shape index (κ1) is 11.4. The molecular weight excluding hydrogens is 222 g/mol. The van der Waals surface area contributed by atoms with Gasteiger partial charge in [-0.05, 0) is 12.1 Å². The maximum Gasteiger partial charge on any atom is 0.317 e. The molecule has 1 aromatic heterocycles. The molecule has 0 aromatic carbocycles. The first-order valence-electron chi connectivity index (χ1n) is 5.36. The summed E-state index contributed by atoms with van der Waals surface area (Å²) in [5.74, 6) is 0.593. The van der Waals surface area contributed by atoms with Crippen molar-refractivity contribution >= 4 is 12.3 Å². The number of nitrogens with zero attached hydrogens (tertiary/aromatic N) is 2. The van der Waals surface area contributed by atoms with Gasteiger partial charge in [-0.3, -0.25) is 4.79 Å². The summed E-state index contributed by atoms with van der Waals surface area (Å²) < 4.78 is 5.42. The smallest absolute Gasteiger partial charge is 0.317 e. The number of amides is 2. The number of urea groups is 1. The first-order valence-corrected chi connectivity index (χ1v) is 5.36. The summed E-state index contributed by atoms with van der Waals surface area (Å²) in [4.78, 5) is 27.2. The summed E-state index contributed by atoms with van der Waals surface area (Å²) in [6.45, 7) is 2.36. The molecule has 0 radical (unpaired) electrons. The van der Waals surface area contributed by atoms with Gasteiger partial charge in [-0.1, -0.05) is 0 Å². The second kappa shape index (κ2) is 5.29. The highest BCUT2D eigenvalue weighted by atomic mass is 16.5. The van der Waals surface area contributed by atoms with Gasteiger partial charge in [0, 0.05) is 13.1 Å². The zero-order chi connectivity index (χ0) is 12.1. The predicted molar refractivity (Wildman–Crippen MR) is 60.1 cm³/mol. The van der Waals surface area contributed by atoms with Crippen molar-refractivity contribution < 1.29 is 14.3 Å². The van der Waals surface area contributed by atoms with Gasteiger partial charge in [-0.25, -0.2) is 9.78 Å². The van der Waals surface area contributed by atoms with Gasteiger partial charge >= 0.3 is 6.03 Å². The number of carbonyl (C=O) groups is 2. The molecule has 1 saturated heterocycles. The van der Waals surface area contributed by atoms with Crippen molar-refractivity contribution in [2.24, 2.45) is 0 Å². The summed E-state index contributed by atoms with van der Waals surface area (Å²) in [5.41, 5.74) is 0.372. The van der Waals surface area contributed by atoms with E-state index in [2.05, 4.69) is 10.3 Å². The molecule has 2 heterocycles. The number of pyridine rings is 1. The summed E-state index contributed by atoms with van der Waals surface area (Å²) in [6, 6.07) is 3.22. The van der Waals surface area contributed by atoms with E-state index in [1.165, 1.54) is 6.20 Å². The average Bonchev–Trinajstić information content (AvgIpc) is 2.76. The number of nitrogens with one attached hydrogen (secondary N) is 1. The molecule has 17 heavy (non-hydrogen) atoms. The van der Waals surface area contributed by atoms with E-state index in [1.54, 1.807) is 17.0 Å². The molecule has 1 N–H and O–H groups in total. The van der Waals surface area contributed by atoms with Crippen LogP contribution < -0.4 is 10.1 Å². The van der Waals surface area contributed by atoms with Crippen LogP contribution in [0, 0.1) is 0 Å². The molecule has 0 saturated carbocycles. The van der Waals surface area contributed by atoms with Crippen LogP contribution in [0.5, 0.6) is 5.75 Å². The van der Waals surface area contributed by atoms with E-state index in [-0.39, 0.29) is 6.03 Å². The van der Waals surface area contributed by atoms with Crippen LogP contribution in [0.3, 0.4) is 0 Å². The maximum atomic E-state index is 11.2. The van der Waals surface area contributed by atoms with Gasteiger partial charge in [-0.15, -0.1) is 0 Å². The largest absolute Gasteiger partial charge is 0.490 e. The van der Waals surface area contributed by atoms with E-state index in [0.717, 1.165) is 0 Å². The molecule has 6 nitrogen and oxygen atoms in total. The number of ether oxygens (including phenoxy) is 1. The number of carbonyl (C=O) groups excluding carboxylic acids is 2. The van der Waals surface area contributed by atoms with E-state index in [0.29, 0.717) is 44.0 Å². The Balaban J connectivity index is 1.77. The summed E-state index contributed by atoms with van der Waals surface area (Å²) in [6.07, 6.45) is 2.17. The minimum absolute atomic E-state index is 0.0528. The number of aldehydes is 1. The van der Waals surface area contributed by atoms with Crippen LogP contribution in [0.4, 0.5) is 4.79 Å². The molecule has 6 heteroatoms. The maximum absolute atomic E-state index is 11.2. The third kappa shape index (κ3) is 2.93. The van der Waals surface area contributed by atoms with Gasteiger partial charge in [0.25, 0.3) is 0 Å². The fourth-order valence-electron chi connectivity index (χ4n) is 1.55. The van der Waals surface area contributed by atoms with Crippen molar-refractivity contribution in [2.75, 3.05) is 26.2 Å². The Labute approximate surface area is 98.6 Å². The summed E-state index contributed by atoms with van der Waals surface area (Å²) >= 11 is 0. The molecule has 0 atom stereocenters. The molecule has 2 amide bonds. The third-order valence-electron chi connectivity index (χ3n) is 2.46. The Morgan fingerprint density at radius 1 is 1.53 bits per heavy atom. The van der Waals surface area contributed by atoms with Gasteiger partial charge in [-0.2, -0.15) is 0 Å². The highest BCUT2D eigenvalue weighted by Crippen LogP contribution is 2.08. The van der Waals surface area contributed by atoms with Crippen LogP contribution in [0.2, 0.25) is 0 Å². The molecular formula is C11H13N3O3. The fourth-order valence-corrected chi connectivity index (χ4v) is 1.55. The Morgan fingerprint density at radius 2 is 2.41 bits per heavy atom. The quantitative estimate of drug-likeness (QED) is 0.745. The zero-order valence-corrected chi connectivity index (χ0v) is 9.26. The number of aromatic nitrogens is 1. The van der Waals surface area contributed by atoms with Crippen molar-refractivity contribution in [3.05, 3.63) is 24.0 Å². The molecule has 0 bridgehead atoms. The van der Waals surface area contributed by atoms with Crippen LogP contribution in [-0.4, -0.2) is 48.4 Å². The van der Waals surface area contributed by atoms with Crippen LogP contribution >= 0.6 is 0 Å². The number of rotatable bonds is 5. The van der Waals surface area contributed by atoms with E-state index in [1.807, 2.05) is 0 Å². The van der Waals surface area contributed by atoms with Gasteiger partial charge in [0.15, 0.2) is 6.29 Å². The van der Waals surface area contributed by atoms with E-state index >= 15 is 0 Å². The van der Waals surface area contributed by atoms with Crippen LogP contribution in [0.25, 0.3) is 0 Å². The normalized spacial score (nSPS) is 14.6. The SMILES string of the molecule is O=Cc1ccc(OCCN2CCNC2=O)cn1. The Morgan fingerprint density at radius 3 is 3.00 bits per heavy atom. The second-order valence-corrected chi connectivity index (χ2v) is 3.60. The topological polar surface area (TPSA) is 71.5 Å². The van der Waals surface area contributed by atoms with Crippen molar-refractivity contribution in [1.29, 1.82) is 0 Å². The lowest BCUT2D eigenvalue weighted by Crippen LogP contribution is -2.31. The highest BCUT2D eigenvalue weighted by Gasteiger charge is 2.18. The van der Waals surface area contributed by atoms with Crippen molar-refractivity contribution in [3.63, 3.8) is 0 Å². The molecule has 1 aliphatic rings. The first-order chi connectivity index (χ1) is 8.29. The molecule has 90 valence electrons. The van der Waals surface area contributed by atoms with Crippen LogP contribution in [-0.2, 0) is 0 Å². The summed E-state index contributed by atoms with van der Waals surface area (Å²) in [7, 11) is 0. The van der Waals surface area contributed by atoms with Crippen LogP contribution in [0.1, 0.15) is 10.5 Å². The summed E-state index contributed by atoms with van der Waals surface area (Å²) in [5, 5.41) is 2.71. The van der Waals surface area contributed by atoms with E-state index in [9.17, 15) is 9.59 Å². The minimum atomic E-state index is -0.0528. The molecule has 1 fully saturated rings. The lowest BCUT2D eigenvalue weighted by atomic mass is 10.4. The zero-order valence-electron chi connectivity index (χ0n) is 9.26. The van der Waals surface area contributed by atoms with Crippen molar-refractivity contribution in [2.45, 2.75) is 0 Å². The van der Waals surface area contributed by atoms with Crippen molar-refractivity contribution in [1.82, 2.24) is 15.2 Å². The average molecular weight is 235 g/mol.